The largest absolute Gasteiger partial charge is 0.461 e. The normalized spacial score (nSPS) is 18.8. The Bertz CT molecular complexity index is 1560. The van der Waals surface area contributed by atoms with Crippen LogP contribution in [-0.2, 0) is 22.5 Å². The molecule has 0 radical (unpaired) electrons. The minimum absolute atomic E-state index is 0.141. The number of piperazine rings is 1. The summed E-state index contributed by atoms with van der Waals surface area (Å²) >= 11 is 0. The van der Waals surface area contributed by atoms with Gasteiger partial charge in [0.2, 0.25) is 5.91 Å². The molecule has 2 aromatic carbocycles. The number of nitriles is 1. The fourth-order valence-electron chi connectivity index (χ4n) is 7.22. The Hall–Kier alpha value is -4.16. The Morgan fingerprint density at radius 3 is 2.69 bits per heavy atom. The minimum Gasteiger partial charge on any atom is -0.461 e. The van der Waals surface area contributed by atoms with Gasteiger partial charge in [-0.15, -0.1) is 0 Å². The summed E-state index contributed by atoms with van der Waals surface area (Å²) < 4.78 is 12.1. The number of aromatic nitrogens is 2. The zero-order chi connectivity index (χ0) is 31.2. The van der Waals surface area contributed by atoms with E-state index in [4.69, 9.17) is 19.4 Å². The van der Waals surface area contributed by atoms with Crippen molar-refractivity contribution >= 4 is 28.2 Å². The quantitative estimate of drug-likeness (QED) is 0.217. The lowest BCUT2D eigenvalue weighted by molar-refractivity contribution is -0.128. The second kappa shape index (κ2) is 14.3. The highest BCUT2D eigenvalue weighted by molar-refractivity contribution is 5.97. The average molecular weight is 609 g/mol. The van der Waals surface area contributed by atoms with Crippen LogP contribution in [0.15, 0.2) is 49.1 Å². The van der Waals surface area contributed by atoms with Crippen molar-refractivity contribution in [3.63, 3.8) is 0 Å². The number of benzene rings is 2. The molecule has 3 aliphatic rings. The Kier molecular flexibility index (Phi) is 9.80. The van der Waals surface area contributed by atoms with Crippen LogP contribution in [0.3, 0.4) is 0 Å². The van der Waals surface area contributed by atoms with E-state index in [1.165, 1.54) is 60.2 Å². The lowest BCUT2D eigenvalue weighted by atomic mass is 9.90. The molecule has 3 aromatic rings. The van der Waals surface area contributed by atoms with Crippen LogP contribution in [0.1, 0.15) is 55.3 Å². The van der Waals surface area contributed by atoms with Crippen LogP contribution >= 0.6 is 0 Å². The van der Waals surface area contributed by atoms with E-state index in [0.717, 1.165) is 36.6 Å². The average Bonchev–Trinajstić information content (AvgIpc) is 3.07. The molecule has 0 N–H and O–H groups in total. The molecule has 2 aliphatic heterocycles. The molecule has 1 saturated carbocycles. The van der Waals surface area contributed by atoms with E-state index >= 15 is 0 Å². The number of carbonyl (C=O) groups is 1. The molecule has 9 nitrogen and oxygen atoms in total. The molecule has 45 heavy (non-hydrogen) atoms. The molecular formula is C36H44N6O3. The Labute approximate surface area is 266 Å². The Balaban J connectivity index is 1.25. The van der Waals surface area contributed by atoms with Crippen molar-refractivity contribution in [2.75, 3.05) is 55.8 Å². The van der Waals surface area contributed by atoms with Crippen LogP contribution in [-0.4, -0.2) is 72.8 Å². The van der Waals surface area contributed by atoms with Gasteiger partial charge in [0.25, 0.3) is 0 Å². The molecule has 1 saturated heterocycles. The summed E-state index contributed by atoms with van der Waals surface area (Å²) in [5.41, 5.74) is 4.53. The molecule has 0 spiro atoms. The van der Waals surface area contributed by atoms with Crippen molar-refractivity contribution < 1.29 is 14.3 Å². The van der Waals surface area contributed by atoms with Gasteiger partial charge in [0.05, 0.1) is 37.4 Å². The van der Waals surface area contributed by atoms with E-state index in [9.17, 15) is 10.1 Å². The van der Waals surface area contributed by atoms with Gasteiger partial charge in [-0.2, -0.15) is 15.2 Å². The van der Waals surface area contributed by atoms with Crippen LogP contribution in [0.2, 0.25) is 0 Å². The molecule has 1 aromatic heterocycles. The minimum atomic E-state index is -0.240. The van der Waals surface area contributed by atoms with Crippen LogP contribution in [0.4, 0.5) is 11.5 Å². The lowest BCUT2D eigenvalue weighted by Gasteiger charge is -2.42. The monoisotopic (exact) mass is 608 g/mol. The van der Waals surface area contributed by atoms with Crippen LogP contribution in [0.5, 0.6) is 6.01 Å². The van der Waals surface area contributed by atoms with Gasteiger partial charge in [-0.1, -0.05) is 56.2 Å². The van der Waals surface area contributed by atoms with Crippen molar-refractivity contribution in [2.24, 2.45) is 5.92 Å². The highest BCUT2D eigenvalue weighted by Crippen LogP contribution is 2.36. The lowest BCUT2D eigenvalue weighted by Crippen LogP contribution is -2.55. The van der Waals surface area contributed by atoms with Crippen molar-refractivity contribution in [2.45, 2.75) is 64.5 Å². The standard InChI is InChI=1S/C36H44N6O3/c1-3-33(43)42-20-19-41(23-29(42)15-17-37)35-30-16-18-40(32-14-8-13-28-12-7-9-26(2)34(28)32)24-31(30)38-36(39-35)45-22-21-44-25-27-10-5-4-6-11-27/h3,7-9,12-14,27,29H,1,4-6,10-11,15-16,18-25H2,2H3/t29-/m0/s1. The predicted molar refractivity (Wildman–Crippen MR) is 177 cm³/mol. The number of hydrogen-bond donors (Lipinski definition) is 0. The van der Waals surface area contributed by atoms with E-state index in [-0.39, 0.29) is 18.4 Å². The van der Waals surface area contributed by atoms with E-state index in [0.29, 0.717) is 51.3 Å². The zero-order valence-corrected chi connectivity index (χ0v) is 26.4. The molecule has 3 heterocycles. The topological polar surface area (TPSA) is 94.8 Å². The van der Waals surface area contributed by atoms with Crippen LogP contribution in [0.25, 0.3) is 10.8 Å². The fourth-order valence-corrected chi connectivity index (χ4v) is 7.22. The molecule has 0 bridgehead atoms. The van der Waals surface area contributed by atoms with Crippen LogP contribution in [0, 0.1) is 24.2 Å². The number of fused-ring (bicyclic) bond motifs is 2. The number of aryl methyl sites for hydroxylation is 1. The number of nitrogens with zero attached hydrogens (tertiary/aromatic N) is 6. The van der Waals surface area contributed by atoms with Gasteiger partial charge in [-0.3, -0.25) is 4.79 Å². The maximum Gasteiger partial charge on any atom is 0.318 e. The number of amides is 1. The first kappa shape index (κ1) is 30.8. The van der Waals surface area contributed by atoms with Gasteiger partial charge in [0, 0.05) is 49.4 Å². The fraction of sp³-hybridized carbons (Fsp3) is 0.500. The number of ether oxygens (including phenoxy) is 2. The van der Waals surface area contributed by atoms with Crippen molar-refractivity contribution in [3.05, 3.63) is 65.9 Å². The molecule has 9 heteroatoms. The van der Waals surface area contributed by atoms with Gasteiger partial charge in [0.15, 0.2) is 0 Å². The summed E-state index contributed by atoms with van der Waals surface area (Å²) in [7, 11) is 0. The summed E-state index contributed by atoms with van der Waals surface area (Å²) in [4.78, 5) is 28.8. The molecule has 1 atom stereocenters. The Morgan fingerprint density at radius 1 is 1.07 bits per heavy atom. The molecule has 1 amide bonds. The van der Waals surface area contributed by atoms with E-state index in [1.807, 2.05) is 0 Å². The summed E-state index contributed by atoms with van der Waals surface area (Å²) in [5, 5.41) is 12.0. The van der Waals surface area contributed by atoms with Crippen molar-refractivity contribution in [3.8, 4) is 12.1 Å². The summed E-state index contributed by atoms with van der Waals surface area (Å²) in [6, 6.07) is 15.3. The van der Waals surface area contributed by atoms with Gasteiger partial charge < -0.3 is 24.2 Å². The second-order valence-electron chi connectivity index (χ2n) is 12.5. The molecule has 236 valence electrons. The maximum atomic E-state index is 12.6. The number of rotatable bonds is 10. The first-order valence-electron chi connectivity index (χ1n) is 16.4. The smallest absolute Gasteiger partial charge is 0.318 e. The van der Waals surface area contributed by atoms with Gasteiger partial charge in [0.1, 0.15) is 12.4 Å². The molecule has 6 rings (SSSR count). The highest BCUT2D eigenvalue weighted by atomic mass is 16.5. The number of carbonyl (C=O) groups excluding carboxylic acids is 1. The van der Waals surface area contributed by atoms with E-state index in [1.54, 1.807) is 4.90 Å². The van der Waals surface area contributed by atoms with E-state index in [2.05, 4.69) is 65.8 Å². The third-order valence-corrected chi connectivity index (χ3v) is 9.56. The predicted octanol–water partition coefficient (Wildman–Crippen LogP) is 5.59. The Morgan fingerprint density at radius 2 is 1.89 bits per heavy atom. The van der Waals surface area contributed by atoms with Crippen molar-refractivity contribution in [1.82, 2.24) is 14.9 Å². The first-order chi connectivity index (χ1) is 22.1. The number of anilines is 2. The first-order valence-corrected chi connectivity index (χ1v) is 16.4. The van der Waals surface area contributed by atoms with Gasteiger partial charge in [-0.25, -0.2) is 0 Å². The number of hydrogen-bond acceptors (Lipinski definition) is 8. The second-order valence-corrected chi connectivity index (χ2v) is 12.5. The highest BCUT2D eigenvalue weighted by Gasteiger charge is 2.33. The van der Waals surface area contributed by atoms with E-state index < -0.39 is 0 Å². The summed E-state index contributed by atoms with van der Waals surface area (Å²) in [6.45, 7) is 10.6. The molecule has 0 unspecified atom stereocenters. The third kappa shape index (κ3) is 6.91. The van der Waals surface area contributed by atoms with Gasteiger partial charge in [-0.05, 0) is 55.2 Å². The van der Waals surface area contributed by atoms with Crippen molar-refractivity contribution in [1.29, 1.82) is 5.26 Å². The SMILES string of the molecule is C=CC(=O)N1CCN(c2nc(OCCOCC3CCCCC3)nc3c2CCN(c2cccc4cccc(C)c24)C3)C[C@@H]1CC#N. The van der Waals surface area contributed by atoms with Gasteiger partial charge >= 0.3 is 6.01 Å². The molecular weight excluding hydrogens is 564 g/mol. The molecule has 1 aliphatic carbocycles. The zero-order valence-electron chi connectivity index (χ0n) is 26.4. The third-order valence-electron chi connectivity index (χ3n) is 9.56. The summed E-state index contributed by atoms with van der Waals surface area (Å²) in [5.74, 6) is 1.36. The molecule has 2 fully saturated rings. The summed E-state index contributed by atoms with van der Waals surface area (Å²) in [6.07, 6.45) is 8.82. The maximum absolute atomic E-state index is 12.6. The van der Waals surface area contributed by atoms with Crippen LogP contribution < -0.4 is 14.5 Å².